The largest absolute Gasteiger partial charge is 0.486 e. The molecule has 0 radical (unpaired) electrons. The highest BCUT2D eigenvalue weighted by Crippen LogP contribution is 2.24. The average molecular weight is 283 g/mol. The van der Waals surface area contributed by atoms with E-state index in [0.29, 0.717) is 11.8 Å². The number of aromatic nitrogens is 1. The summed E-state index contributed by atoms with van der Waals surface area (Å²) in [4.78, 5) is 4.50. The molecule has 2 rings (SSSR count). The Morgan fingerprint density at radius 1 is 0.762 bits per heavy atom. The SMILES string of the molecule is CC(C)c1ccc(OC(C)c2ccc(C(C)C)nc2)cc1. The van der Waals surface area contributed by atoms with Gasteiger partial charge in [-0.05, 0) is 42.5 Å². The molecule has 0 aliphatic carbocycles. The fourth-order valence-corrected chi connectivity index (χ4v) is 2.20. The van der Waals surface area contributed by atoms with E-state index in [-0.39, 0.29) is 6.10 Å². The third-order valence-electron chi connectivity index (χ3n) is 3.73. The van der Waals surface area contributed by atoms with Gasteiger partial charge in [-0.3, -0.25) is 4.98 Å². The van der Waals surface area contributed by atoms with Crippen LogP contribution in [0.3, 0.4) is 0 Å². The minimum atomic E-state index is 0.00334. The zero-order chi connectivity index (χ0) is 15.4. The molecular formula is C19H25NO. The second-order valence-electron chi connectivity index (χ2n) is 6.15. The van der Waals surface area contributed by atoms with Gasteiger partial charge in [-0.2, -0.15) is 0 Å². The van der Waals surface area contributed by atoms with Crippen LogP contribution in [0.25, 0.3) is 0 Å². The molecular weight excluding hydrogens is 258 g/mol. The minimum Gasteiger partial charge on any atom is -0.486 e. The molecule has 1 unspecified atom stereocenters. The van der Waals surface area contributed by atoms with Gasteiger partial charge in [0, 0.05) is 17.5 Å². The number of nitrogens with zero attached hydrogens (tertiary/aromatic N) is 1. The predicted molar refractivity (Wildman–Crippen MR) is 87.9 cm³/mol. The van der Waals surface area contributed by atoms with Gasteiger partial charge in [0.1, 0.15) is 11.9 Å². The van der Waals surface area contributed by atoms with Crippen LogP contribution in [0.15, 0.2) is 42.6 Å². The minimum absolute atomic E-state index is 0.00334. The Bertz CT molecular complexity index is 555. The lowest BCUT2D eigenvalue weighted by Crippen LogP contribution is -2.04. The van der Waals surface area contributed by atoms with E-state index in [1.165, 1.54) is 5.56 Å². The summed E-state index contributed by atoms with van der Waals surface area (Å²) < 4.78 is 6.00. The molecule has 0 aliphatic heterocycles. The molecule has 0 amide bonds. The van der Waals surface area contributed by atoms with Gasteiger partial charge in [0.25, 0.3) is 0 Å². The van der Waals surface area contributed by atoms with E-state index < -0.39 is 0 Å². The van der Waals surface area contributed by atoms with Gasteiger partial charge < -0.3 is 4.74 Å². The van der Waals surface area contributed by atoms with Crippen LogP contribution < -0.4 is 4.74 Å². The van der Waals surface area contributed by atoms with Crippen molar-refractivity contribution >= 4 is 0 Å². The van der Waals surface area contributed by atoms with Crippen molar-refractivity contribution in [1.82, 2.24) is 4.98 Å². The van der Waals surface area contributed by atoms with Crippen LogP contribution >= 0.6 is 0 Å². The first-order chi connectivity index (χ1) is 9.97. The van der Waals surface area contributed by atoms with Gasteiger partial charge in [-0.15, -0.1) is 0 Å². The standard InChI is InChI=1S/C19H25NO/c1-13(2)16-6-9-18(10-7-16)21-15(5)17-8-11-19(14(3)4)20-12-17/h6-15H,1-5H3. The molecule has 0 fully saturated rings. The van der Waals surface area contributed by atoms with Crippen LogP contribution in [0.4, 0.5) is 0 Å². The highest BCUT2D eigenvalue weighted by atomic mass is 16.5. The van der Waals surface area contributed by atoms with E-state index in [1.54, 1.807) is 0 Å². The van der Waals surface area contributed by atoms with Gasteiger partial charge in [0.2, 0.25) is 0 Å². The fourth-order valence-electron chi connectivity index (χ4n) is 2.20. The number of hydrogen-bond donors (Lipinski definition) is 0. The molecule has 1 atom stereocenters. The molecule has 21 heavy (non-hydrogen) atoms. The van der Waals surface area contributed by atoms with Gasteiger partial charge in [-0.1, -0.05) is 45.9 Å². The summed E-state index contributed by atoms with van der Waals surface area (Å²) in [6, 6.07) is 12.5. The first-order valence-electron chi connectivity index (χ1n) is 7.70. The van der Waals surface area contributed by atoms with E-state index >= 15 is 0 Å². The summed E-state index contributed by atoms with van der Waals surface area (Å²) in [5.74, 6) is 1.91. The highest BCUT2D eigenvalue weighted by molar-refractivity contribution is 5.30. The van der Waals surface area contributed by atoms with Gasteiger partial charge in [-0.25, -0.2) is 0 Å². The number of ether oxygens (including phenoxy) is 1. The van der Waals surface area contributed by atoms with E-state index in [1.807, 2.05) is 18.3 Å². The van der Waals surface area contributed by atoms with Crippen molar-refractivity contribution < 1.29 is 4.74 Å². The zero-order valence-electron chi connectivity index (χ0n) is 13.6. The Balaban J connectivity index is 2.04. The van der Waals surface area contributed by atoms with E-state index in [0.717, 1.165) is 17.0 Å². The Hall–Kier alpha value is -1.83. The number of rotatable bonds is 5. The van der Waals surface area contributed by atoms with Gasteiger partial charge in [0.15, 0.2) is 0 Å². The maximum Gasteiger partial charge on any atom is 0.122 e. The van der Waals surface area contributed by atoms with Crippen molar-refractivity contribution in [3.05, 3.63) is 59.4 Å². The maximum absolute atomic E-state index is 6.00. The van der Waals surface area contributed by atoms with Crippen LogP contribution in [0.1, 0.15) is 69.4 Å². The Kier molecular flexibility index (Phi) is 5.00. The van der Waals surface area contributed by atoms with Crippen molar-refractivity contribution in [2.75, 3.05) is 0 Å². The van der Waals surface area contributed by atoms with Crippen molar-refractivity contribution in [1.29, 1.82) is 0 Å². The predicted octanol–water partition coefficient (Wildman–Crippen LogP) is 5.47. The molecule has 1 aromatic carbocycles. The molecule has 1 aromatic heterocycles. The average Bonchev–Trinajstić information content (AvgIpc) is 2.47. The summed E-state index contributed by atoms with van der Waals surface area (Å²) >= 11 is 0. The summed E-state index contributed by atoms with van der Waals surface area (Å²) in [6.45, 7) is 10.7. The monoisotopic (exact) mass is 283 g/mol. The van der Waals surface area contributed by atoms with Crippen molar-refractivity contribution in [3.63, 3.8) is 0 Å². The van der Waals surface area contributed by atoms with Crippen LogP contribution in [0.2, 0.25) is 0 Å². The van der Waals surface area contributed by atoms with Crippen LogP contribution in [0.5, 0.6) is 5.75 Å². The third kappa shape index (κ3) is 4.07. The number of pyridine rings is 1. The molecule has 0 N–H and O–H groups in total. The van der Waals surface area contributed by atoms with E-state index in [4.69, 9.17) is 4.74 Å². The van der Waals surface area contributed by atoms with E-state index in [2.05, 4.69) is 63.9 Å². The number of hydrogen-bond acceptors (Lipinski definition) is 2. The quantitative estimate of drug-likeness (QED) is 0.726. The lowest BCUT2D eigenvalue weighted by Gasteiger charge is -2.16. The fraction of sp³-hybridized carbons (Fsp3) is 0.421. The van der Waals surface area contributed by atoms with Crippen LogP contribution in [-0.4, -0.2) is 4.98 Å². The summed E-state index contributed by atoms with van der Waals surface area (Å²) in [6.07, 6.45) is 1.92. The molecule has 0 aliphatic rings. The van der Waals surface area contributed by atoms with Gasteiger partial charge >= 0.3 is 0 Å². The maximum atomic E-state index is 6.00. The molecule has 1 heterocycles. The smallest absolute Gasteiger partial charge is 0.122 e. The second-order valence-corrected chi connectivity index (χ2v) is 6.15. The molecule has 0 spiro atoms. The molecule has 0 saturated heterocycles. The molecule has 112 valence electrons. The zero-order valence-corrected chi connectivity index (χ0v) is 13.6. The van der Waals surface area contributed by atoms with Crippen molar-refractivity contribution in [2.24, 2.45) is 0 Å². The molecule has 2 nitrogen and oxygen atoms in total. The van der Waals surface area contributed by atoms with Gasteiger partial charge in [0.05, 0.1) is 0 Å². The normalized spacial score (nSPS) is 12.7. The Morgan fingerprint density at radius 3 is 1.86 bits per heavy atom. The van der Waals surface area contributed by atoms with Crippen molar-refractivity contribution in [2.45, 2.75) is 52.6 Å². The molecule has 2 aromatic rings. The first-order valence-corrected chi connectivity index (χ1v) is 7.70. The first kappa shape index (κ1) is 15.6. The lowest BCUT2D eigenvalue weighted by atomic mass is 10.0. The molecule has 2 heteroatoms. The Morgan fingerprint density at radius 2 is 1.38 bits per heavy atom. The summed E-state index contributed by atoms with van der Waals surface area (Å²) in [7, 11) is 0. The van der Waals surface area contributed by atoms with Crippen molar-refractivity contribution in [3.8, 4) is 5.75 Å². The molecule has 0 saturated carbocycles. The summed E-state index contributed by atoms with van der Waals surface area (Å²) in [5.41, 5.74) is 3.55. The Labute approximate surface area is 128 Å². The highest BCUT2D eigenvalue weighted by Gasteiger charge is 2.09. The second kappa shape index (κ2) is 6.75. The number of benzene rings is 1. The lowest BCUT2D eigenvalue weighted by molar-refractivity contribution is 0.226. The summed E-state index contributed by atoms with van der Waals surface area (Å²) in [5, 5.41) is 0. The topological polar surface area (TPSA) is 22.1 Å². The van der Waals surface area contributed by atoms with Crippen LogP contribution in [0, 0.1) is 0 Å². The molecule has 0 bridgehead atoms. The third-order valence-corrected chi connectivity index (χ3v) is 3.73. The van der Waals surface area contributed by atoms with E-state index in [9.17, 15) is 0 Å². The van der Waals surface area contributed by atoms with Crippen LogP contribution in [-0.2, 0) is 0 Å².